The van der Waals surface area contributed by atoms with Gasteiger partial charge in [-0.2, -0.15) is 0 Å². The van der Waals surface area contributed by atoms with Crippen LogP contribution < -0.4 is 4.74 Å². The zero-order valence-electron chi connectivity index (χ0n) is 17.2. The summed E-state index contributed by atoms with van der Waals surface area (Å²) in [4.78, 5) is 14.7. The van der Waals surface area contributed by atoms with Crippen molar-refractivity contribution in [2.45, 2.75) is 58.3 Å². The summed E-state index contributed by atoms with van der Waals surface area (Å²) in [7, 11) is 0. The summed E-state index contributed by atoms with van der Waals surface area (Å²) in [5.41, 5.74) is 1.95. The Labute approximate surface area is 168 Å². The number of nitrogens with zero attached hydrogens (tertiary/aromatic N) is 1. The van der Waals surface area contributed by atoms with Crippen molar-refractivity contribution < 1.29 is 14.3 Å². The molecule has 0 radical (unpaired) electrons. The maximum Gasteiger partial charge on any atom is 0.323 e. The fraction of sp³-hybridized carbons (Fsp3) is 0.458. The number of esters is 1. The minimum atomic E-state index is -0.435. The number of rotatable bonds is 7. The van der Waals surface area contributed by atoms with E-state index in [1.165, 1.54) is 5.56 Å². The van der Waals surface area contributed by atoms with Gasteiger partial charge in [0.2, 0.25) is 0 Å². The molecule has 1 aliphatic heterocycles. The fourth-order valence-electron chi connectivity index (χ4n) is 3.53. The molecule has 0 saturated carbocycles. The molecular weight excluding hydrogens is 350 g/mol. The molecule has 2 aromatic carbocycles. The van der Waals surface area contributed by atoms with Crippen molar-refractivity contribution in [2.24, 2.45) is 0 Å². The van der Waals surface area contributed by atoms with E-state index in [9.17, 15) is 4.79 Å². The second-order valence-electron chi connectivity index (χ2n) is 8.40. The number of carbonyl (C=O) groups is 1. The number of hydrogen-bond donors (Lipinski definition) is 0. The molecule has 0 bridgehead atoms. The van der Waals surface area contributed by atoms with E-state index in [0.717, 1.165) is 43.7 Å². The van der Waals surface area contributed by atoms with E-state index >= 15 is 0 Å². The maximum absolute atomic E-state index is 12.5. The molecule has 0 spiro atoms. The van der Waals surface area contributed by atoms with Gasteiger partial charge in [0.05, 0.1) is 0 Å². The SMILES string of the molecule is CC(C)(C)OC(=O)C1CCCN1CCc1cccc(OCc2ccccc2)c1. The van der Waals surface area contributed by atoms with Gasteiger partial charge in [-0.15, -0.1) is 0 Å². The van der Waals surface area contributed by atoms with Gasteiger partial charge in [0.25, 0.3) is 0 Å². The van der Waals surface area contributed by atoms with Gasteiger partial charge >= 0.3 is 5.97 Å². The summed E-state index contributed by atoms with van der Waals surface area (Å²) >= 11 is 0. The molecule has 1 unspecified atom stereocenters. The number of benzene rings is 2. The molecule has 4 nitrogen and oxygen atoms in total. The third kappa shape index (κ3) is 6.10. The third-order valence-corrected chi connectivity index (χ3v) is 4.88. The molecule has 4 heteroatoms. The smallest absolute Gasteiger partial charge is 0.323 e. The Hall–Kier alpha value is -2.33. The van der Waals surface area contributed by atoms with Crippen LogP contribution in [0.2, 0.25) is 0 Å². The van der Waals surface area contributed by atoms with Gasteiger partial charge in [0, 0.05) is 6.54 Å². The minimum absolute atomic E-state index is 0.0926. The van der Waals surface area contributed by atoms with Gasteiger partial charge < -0.3 is 9.47 Å². The molecule has 1 saturated heterocycles. The predicted octanol–water partition coefficient (Wildman–Crippen LogP) is 4.61. The monoisotopic (exact) mass is 381 g/mol. The molecule has 1 heterocycles. The van der Waals surface area contributed by atoms with E-state index < -0.39 is 5.60 Å². The van der Waals surface area contributed by atoms with Crippen molar-refractivity contribution in [3.8, 4) is 5.75 Å². The Morgan fingerprint density at radius 2 is 1.82 bits per heavy atom. The van der Waals surface area contributed by atoms with E-state index in [-0.39, 0.29) is 12.0 Å². The van der Waals surface area contributed by atoms with E-state index in [1.54, 1.807) is 0 Å². The summed E-state index contributed by atoms with van der Waals surface area (Å²) in [5.74, 6) is 0.788. The summed E-state index contributed by atoms with van der Waals surface area (Å²) in [6, 6.07) is 18.3. The Kier molecular flexibility index (Phi) is 6.74. The largest absolute Gasteiger partial charge is 0.489 e. The lowest BCUT2D eigenvalue weighted by atomic mass is 10.1. The first-order chi connectivity index (χ1) is 13.4. The van der Waals surface area contributed by atoms with Crippen molar-refractivity contribution in [2.75, 3.05) is 13.1 Å². The molecular formula is C24H31NO3. The Morgan fingerprint density at radius 3 is 2.57 bits per heavy atom. The lowest BCUT2D eigenvalue weighted by Crippen LogP contribution is -2.41. The third-order valence-electron chi connectivity index (χ3n) is 4.88. The molecule has 2 aromatic rings. The summed E-state index contributed by atoms with van der Waals surface area (Å²) < 4.78 is 11.5. The zero-order valence-corrected chi connectivity index (χ0v) is 17.2. The lowest BCUT2D eigenvalue weighted by molar-refractivity contribution is -0.160. The van der Waals surface area contributed by atoms with Crippen LogP contribution in [-0.2, 0) is 22.6 Å². The molecule has 1 fully saturated rings. The van der Waals surface area contributed by atoms with Crippen molar-refractivity contribution in [3.63, 3.8) is 0 Å². The second-order valence-corrected chi connectivity index (χ2v) is 8.40. The number of ether oxygens (including phenoxy) is 2. The first kappa shape index (κ1) is 20.4. The molecule has 150 valence electrons. The van der Waals surface area contributed by atoms with Crippen LogP contribution in [0.3, 0.4) is 0 Å². The average Bonchev–Trinajstić information content (AvgIpc) is 3.13. The number of hydrogen-bond acceptors (Lipinski definition) is 4. The Balaban J connectivity index is 1.53. The first-order valence-corrected chi connectivity index (χ1v) is 10.1. The van der Waals surface area contributed by atoms with Crippen LogP contribution in [0.25, 0.3) is 0 Å². The van der Waals surface area contributed by atoms with Crippen LogP contribution in [0.5, 0.6) is 5.75 Å². The number of carbonyl (C=O) groups excluding carboxylic acids is 1. The van der Waals surface area contributed by atoms with Gasteiger partial charge in [-0.3, -0.25) is 9.69 Å². The lowest BCUT2D eigenvalue weighted by Gasteiger charge is -2.27. The molecule has 0 amide bonds. The van der Waals surface area contributed by atoms with Crippen molar-refractivity contribution in [1.82, 2.24) is 4.90 Å². The van der Waals surface area contributed by atoms with Crippen molar-refractivity contribution >= 4 is 5.97 Å². The van der Waals surface area contributed by atoms with Crippen LogP contribution in [0.15, 0.2) is 54.6 Å². The van der Waals surface area contributed by atoms with Crippen LogP contribution >= 0.6 is 0 Å². The van der Waals surface area contributed by atoms with Crippen LogP contribution in [-0.4, -0.2) is 35.6 Å². The molecule has 28 heavy (non-hydrogen) atoms. The normalized spacial score (nSPS) is 17.5. The summed E-state index contributed by atoms with van der Waals surface area (Å²) in [6.45, 7) is 8.14. The molecule has 3 rings (SSSR count). The van der Waals surface area contributed by atoms with Crippen LogP contribution in [0, 0.1) is 0 Å². The highest BCUT2D eigenvalue weighted by Crippen LogP contribution is 2.22. The minimum Gasteiger partial charge on any atom is -0.489 e. The Bertz CT molecular complexity index is 767. The number of likely N-dealkylation sites (tertiary alicyclic amines) is 1. The van der Waals surface area contributed by atoms with Crippen molar-refractivity contribution in [1.29, 1.82) is 0 Å². The average molecular weight is 382 g/mol. The van der Waals surface area contributed by atoms with Crippen LogP contribution in [0.1, 0.15) is 44.7 Å². The quantitative estimate of drug-likeness (QED) is 0.656. The highest BCUT2D eigenvalue weighted by atomic mass is 16.6. The highest BCUT2D eigenvalue weighted by molar-refractivity contribution is 5.76. The molecule has 0 aromatic heterocycles. The van der Waals surface area contributed by atoms with Gasteiger partial charge in [-0.25, -0.2) is 0 Å². The summed E-state index contributed by atoms with van der Waals surface area (Å²) in [5, 5.41) is 0. The van der Waals surface area contributed by atoms with E-state index in [0.29, 0.717) is 6.61 Å². The molecule has 1 atom stereocenters. The molecule has 0 aliphatic carbocycles. The summed E-state index contributed by atoms with van der Waals surface area (Å²) in [6.07, 6.45) is 2.82. The highest BCUT2D eigenvalue weighted by Gasteiger charge is 2.33. The van der Waals surface area contributed by atoms with Gasteiger partial charge in [0.15, 0.2) is 0 Å². The molecule has 0 N–H and O–H groups in total. The standard InChI is InChI=1S/C24H31NO3/c1-24(2,3)28-23(26)22-13-8-15-25(22)16-14-19-11-7-12-21(17-19)27-18-20-9-5-4-6-10-20/h4-7,9-12,17,22H,8,13-16,18H2,1-3H3. The van der Waals surface area contributed by atoms with Gasteiger partial charge in [-0.1, -0.05) is 42.5 Å². The topological polar surface area (TPSA) is 38.8 Å². The predicted molar refractivity (Wildman–Crippen MR) is 111 cm³/mol. The maximum atomic E-state index is 12.5. The first-order valence-electron chi connectivity index (χ1n) is 10.1. The zero-order chi connectivity index (χ0) is 20.0. The van der Waals surface area contributed by atoms with Gasteiger partial charge in [0.1, 0.15) is 24.0 Å². The Morgan fingerprint density at radius 1 is 1.07 bits per heavy atom. The second kappa shape index (κ2) is 9.24. The molecule has 1 aliphatic rings. The van der Waals surface area contributed by atoms with E-state index in [4.69, 9.17) is 9.47 Å². The van der Waals surface area contributed by atoms with E-state index in [1.807, 2.05) is 51.1 Å². The van der Waals surface area contributed by atoms with Gasteiger partial charge in [-0.05, 0) is 69.8 Å². The fourth-order valence-corrected chi connectivity index (χ4v) is 3.53. The van der Waals surface area contributed by atoms with Crippen LogP contribution in [0.4, 0.5) is 0 Å². The van der Waals surface area contributed by atoms with E-state index in [2.05, 4.69) is 29.2 Å². The van der Waals surface area contributed by atoms with Crippen molar-refractivity contribution in [3.05, 3.63) is 65.7 Å².